The number of carbonyl (C=O) groups excluding carboxylic acids is 1. The molecular weight excluding hydrogens is 320 g/mol. The minimum Gasteiger partial charge on any atom is -0.477 e. The van der Waals surface area contributed by atoms with Gasteiger partial charge < -0.3 is 15.3 Å². The van der Waals surface area contributed by atoms with Gasteiger partial charge in [-0.15, -0.1) is 0 Å². The average Bonchev–Trinajstić information content (AvgIpc) is 2.82. The normalized spacial score (nSPS) is 13.6. The number of urea groups is 1. The van der Waals surface area contributed by atoms with Gasteiger partial charge in [-0.25, -0.2) is 9.59 Å². The van der Waals surface area contributed by atoms with Crippen molar-refractivity contribution in [2.75, 3.05) is 11.9 Å². The molecule has 1 aromatic carbocycles. The molecule has 1 aliphatic heterocycles. The SMILES string of the molecule is Cn1nc2c(c1C(=O)O)CN(C(=O)Nc1cccc(Cl)c1)CC2. The third-order valence-electron chi connectivity index (χ3n) is 3.76. The van der Waals surface area contributed by atoms with Gasteiger partial charge in [0.1, 0.15) is 0 Å². The van der Waals surface area contributed by atoms with Crippen LogP contribution in [0.3, 0.4) is 0 Å². The fourth-order valence-corrected chi connectivity index (χ4v) is 2.90. The lowest BCUT2D eigenvalue weighted by Gasteiger charge is -2.26. The molecular formula is C15H15ClN4O3. The lowest BCUT2D eigenvalue weighted by Crippen LogP contribution is -2.39. The fraction of sp³-hybridized carbons (Fsp3) is 0.267. The predicted molar refractivity (Wildman–Crippen MR) is 84.8 cm³/mol. The van der Waals surface area contributed by atoms with E-state index >= 15 is 0 Å². The number of hydrogen-bond donors (Lipinski definition) is 2. The number of amides is 2. The van der Waals surface area contributed by atoms with Crippen LogP contribution in [0.15, 0.2) is 24.3 Å². The third-order valence-corrected chi connectivity index (χ3v) is 4.00. The number of carboxylic acid groups (broad SMARTS) is 1. The zero-order chi connectivity index (χ0) is 16.6. The van der Waals surface area contributed by atoms with Crippen LogP contribution in [0, 0.1) is 0 Å². The van der Waals surface area contributed by atoms with E-state index in [0.29, 0.717) is 29.2 Å². The summed E-state index contributed by atoms with van der Waals surface area (Å²) < 4.78 is 1.35. The van der Waals surface area contributed by atoms with E-state index in [4.69, 9.17) is 11.6 Å². The van der Waals surface area contributed by atoms with Gasteiger partial charge in [0.15, 0.2) is 5.69 Å². The second kappa shape index (κ2) is 5.92. The van der Waals surface area contributed by atoms with Gasteiger partial charge in [0, 0.05) is 36.3 Å². The number of aryl methyl sites for hydroxylation is 1. The van der Waals surface area contributed by atoms with Crippen molar-refractivity contribution in [3.05, 3.63) is 46.2 Å². The summed E-state index contributed by atoms with van der Waals surface area (Å²) in [7, 11) is 1.60. The lowest BCUT2D eigenvalue weighted by molar-refractivity contribution is 0.0682. The molecule has 0 aliphatic carbocycles. The van der Waals surface area contributed by atoms with E-state index in [1.54, 1.807) is 36.2 Å². The molecule has 8 heteroatoms. The Labute approximate surface area is 137 Å². The molecule has 2 heterocycles. The summed E-state index contributed by atoms with van der Waals surface area (Å²) >= 11 is 5.90. The largest absolute Gasteiger partial charge is 0.477 e. The molecule has 2 aromatic rings. The molecule has 1 aliphatic rings. The van der Waals surface area contributed by atoms with E-state index in [0.717, 1.165) is 5.69 Å². The molecule has 0 saturated heterocycles. The molecule has 7 nitrogen and oxygen atoms in total. The number of carboxylic acids is 1. The standard InChI is InChI=1S/C15H15ClN4O3/c1-19-13(14(21)22)11-8-20(6-5-12(11)18-19)15(23)17-10-4-2-3-9(16)7-10/h2-4,7H,5-6,8H2,1H3,(H,17,23)(H,21,22). The Bertz CT molecular complexity index is 787. The highest BCUT2D eigenvalue weighted by atomic mass is 35.5. The maximum absolute atomic E-state index is 12.4. The van der Waals surface area contributed by atoms with Crippen molar-refractivity contribution in [1.29, 1.82) is 0 Å². The molecule has 0 unspecified atom stereocenters. The quantitative estimate of drug-likeness (QED) is 0.882. The van der Waals surface area contributed by atoms with Crippen LogP contribution in [0.4, 0.5) is 10.5 Å². The molecule has 1 aromatic heterocycles. The van der Waals surface area contributed by atoms with E-state index in [9.17, 15) is 14.7 Å². The molecule has 2 amide bonds. The smallest absolute Gasteiger partial charge is 0.354 e. The molecule has 0 radical (unpaired) electrons. The Balaban J connectivity index is 1.79. The Hall–Kier alpha value is -2.54. The van der Waals surface area contributed by atoms with Crippen LogP contribution in [0.1, 0.15) is 21.7 Å². The fourth-order valence-electron chi connectivity index (χ4n) is 2.71. The van der Waals surface area contributed by atoms with Gasteiger partial charge in [0.25, 0.3) is 0 Å². The molecule has 0 spiro atoms. The molecule has 0 saturated carbocycles. The summed E-state index contributed by atoms with van der Waals surface area (Å²) in [6.07, 6.45) is 0.527. The Morgan fingerprint density at radius 2 is 2.17 bits per heavy atom. The molecule has 0 fully saturated rings. The number of carbonyl (C=O) groups is 2. The highest BCUT2D eigenvalue weighted by Gasteiger charge is 2.29. The lowest BCUT2D eigenvalue weighted by atomic mass is 10.1. The number of aromatic nitrogens is 2. The van der Waals surface area contributed by atoms with Crippen LogP contribution in [-0.4, -0.2) is 38.3 Å². The van der Waals surface area contributed by atoms with Gasteiger partial charge >= 0.3 is 12.0 Å². The number of fused-ring (bicyclic) bond motifs is 1. The first-order valence-electron chi connectivity index (χ1n) is 7.05. The number of rotatable bonds is 2. The number of anilines is 1. The number of benzene rings is 1. The van der Waals surface area contributed by atoms with Crippen LogP contribution in [-0.2, 0) is 20.0 Å². The van der Waals surface area contributed by atoms with E-state index in [1.807, 2.05) is 0 Å². The summed E-state index contributed by atoms with van der Waals surface area (Å²) in [5, 5.41) is 16.8. The second-order valence-electron chi connectivity index (χ2n) is 5.31. The Morgan fingerprint density at radius 1 is 1.39 bits per heavy atom. The van der Waals surface area contributed by atoms with Crippen molar-refractivity contribution in [3.8, 4) is 0 Å². The first kappa shape index (κ1) is 15.4. The highest BCUT2D eigenvalue weighted by Crippen LogP contribution is 2.23. The third kappa shape index (κ3) is 3.00. The summed E-state index contributed by atoms with van der Waals surface area (Å²) in [5.41, 5.74) is 2.04. The number of aromatic carboxylic acids is 1. The monoisotopic (exact) mass is 334 g/mol. The molecule has 3 rings (SSSR count). The van der Waals surface area contributed by atoms with Gasteiger partial charge in [0.05, 0.1) is 12.2 Å². The molecule has 0 bridgehead atoms. The van der Waals surface area contributed by atoms with Crippen molar-refractivity contribution in [2.24, 2.45) is 7.05 Å². The maximum Gasteiger partial charge on any atom is 0.354 e. The number of nitrogens with zero attached hydrogens (tertiary/aromatic N) is 3. The van der Waals surface area contributed by atoms with Gasteiger partial charge in [-0.2, -0.15) is 5.10 Å². The highest BCUT2D eigenvalue weighted by molar-refractivity contribution is 6.30. The van der Waals surface area contributed by atoms with E-state index in [2.05, 4.69) is 10.4 Å². The van der Waals surface area contributed by atoms with Crippen LogP contribution < -0.4 is 5.32 Å². The minimum atomic E-state index is -1.04. The first-order chi connectivity index (χ1) is 11.0. The Morgan fingerprint density at radius 3 is 2.87 bits per heavy atom. The molecule has 23 heavy (non-hydrogen) atoms. The van der Waals surface area contributed by atoms with Crippen molar-refractivity contribution in [1.82, 2.24) is 14.7 Å². The zero-order valence-corrected chi connectivity index (χ0v) is 13.2. The molecule has 0 atom stereocenters. The van der Waals surface area contributed by atoms with E-state index in [1.165, 1.54) is 4.68 Å². The van der Waals surface area contributed by atoms with Crippen molar-refractivity contribution < 1.29 is 14.7 Å². The van der Waals surface area contributed by atoms with Crippen LogP contribution in [0.25, 0.3) is 0 Å². The van der Waals surface area contributed by atoms with Gasteiger partial charge in [0.2, 0.25) is 0 Å². The van der Waals surface area contributed by atoms with Crippen LogP contribution in [0.5, 0.6) is 0 Å². The topological polar surface area (TPSA) is 87.5 Å². The van der Waals surface area contributed by atoms with Crippen molar-refractivity contribution in [2.45, 2.75) is 13.0 Å². The number of hydrogen-bond acceptors (Lipinski definition) is 3. The first-order valence-corrected chi connectivity index (χ1v) is 7.43. The van der Waals surface area contributed by atoms with Gasteiger partial charge in [-0.05, 0) is 18.2 Å². The predicted octanol–water partition coefficient (Wildman–Crippen LogP) is 2.36. The van der Waals surface area contributed by atoms with Crippen LogP contribution in [0.2, 0.25) is 5.02 Å². The van der Waals surface area contributed by atoms with E-state index in [-0.39, 0.29) is 18.3 Å². The Kier molecular flexibility index (Phi) is 3.96. The van der Waals surface area contributed by atoms with Crippen molar-refractivity contribution in [3.63, 3.8) is 0 Å². The van der Waals surface area contributed by atoms with Crippen molar-refractivity contribution >= 4 is 29.3 Å². The van der Waals surface area contributed by atoms with Crippen LogP contribution >= 0.6 is 11.6 Å². The summed E-state index contributed by atoms with van der Waals surface area (Å²) in [6, 6.07) is 6.57. The van der Waals surface area contributed by atoms with E-state index < -0.39 is 5.97 Å². The molecule has 2 N–H and O–H groups in total. The van der Waals surface area contributed by atoms with Gasteiger partial charge in [-0.1, -0.05) is 17.7 Å². The summed E-state index contributed by atoms with van der Waals surface area (Å²) in [4.78, 5) is 25.3. The zero-order valence-electron chi connectivity index (χ0n) is 12.4. The summed E-state index contributed by atoms with van der Waals surface area (Å²) in [5.74, 6) is -1.04. The summed E-state index contributed by atoms with van der Waals surface area (Å²) in [6.45, 7) is 0.701. The second-order valence-corrected chi connectivity index (χ2v) is 5.75. The average molecular weight is 335 g/mol. The van der Waals surface area contributed by atoms with Gasteiger partial charge in [-0.3, -0.25) is 4.68 Å². The number of halogens is 1. The minimum absolute atomic E-state index is 0.125. The maximum atomic E-state index is 12.4. The molecule has 120 valence electrons. The number of nitrogens with one attached hydrogen (secondary N) is 1.